The van der Waals surface area contributed by atoms with Gasteiger partial charge in [0, 0.05) is 57.5 Å². The van der Waals surface area contributed by atoms with Crippen molar-refractivity contribution >= 4 is 5.91 Å². The van der Waals surface area contributed by atoms with E-state index in [4.69, 9.17) is 0 Å². The molecule has 0 N–H and O–H groups in total. The lowest BCUT2D eigenvalue weighted by Crippen LogP contribution is -2.38. The van der Waals surface area contributed by atoms with Crippen molar-refractivity contribution in [3.8, 4) is 0 Å². The molecule has 1 aromatic heterocycles. The van der Waals surface area contributed by atoms with Gasteiger partial charge in [0.25, 0.3) is 0 Å². The molecule has 144 valence electrons. The van der Waals surface area contributed by atoms with Gasteiger partial charge in [0.2, 0.25) is 5.91 Å². The molecule has 5 nitrogen and oxygen atoms in total. The molecule has 2 saturated heterocycles. The first-order valence-electron chi connectivity index (χ1n) is 10.3. The molecule has 0 bridgehead atoms. The van der Waals surface area contributed by atoms with Crippen LogP contribution in [0.15, 0.2) is 42.7 Å². The second kappa shape index (κ2) is 8.70. The van der Waals surface area contributed by atoms with Gasteiger partial charge in [0.1, 0.15) is 5.82 Å². The average molecular weight is 367 g/mol. The summed E-state index contributed by atoms with van der Waals surface area (Å²) < 4.78 is 2.29. The highest BCUT2D eigenvalue weighted by atomic mass is 16.2. The lowest BCUT2D eigenvalue weighted by atomic mass is 9.97. The van der Waals surface area contributed by atoms with Crippen LogP contribution < -0.4 is 0 Å². The van der Waals surface area contributed by atoms with Crippen LogP contribution in [0.25, 0.3) is 0 Å². The molecule has 4 rings (SSSR count). The minimum Gasteiger partial charge on any atom is -0.343 e. The number of nitrogens with zero attached hydrogens (tertiary/aromatic N) is 4. The second-order valence-electron chi connectivity index (χ2n) is 7.88. The molecule has 2 aliphatic rings. The summed E-state index contributed by atoms with van der Waals surface area (Å²) in [7, 11) is 0. The Kier molecular flexibility index (Phi) is 5.87. The Balaban J connectivity index is 1.34. The molecule has 27 heavy (non-hydrogen) atoms. The van der Waals surface area contributed by atoms with Gasteiger partial charge in [-0.1, -0.05) is 30.3 Å². The van der Waals surface area contributed by atoms with Crippen molar-refractivity contribution in [2.75, 3.05) is 32.7 Å². The number of amides is 1. The number of hydrogen-bond acceptors (Lipinski definition) is 3. The van der Waals surface area contributed by atoms with E-state index in [2.05, 4.69) is 51.0 Å². The van der Waals surface area contributed by atoms with Crippen molar-refractivity contribution < 1.29 is 4.79 Å². The van der Waals surface area contributed by atoms with Crippen molar-refractivity contribution in [3.63, 3.8) is 0 Å². The van der Waals surface area contributed by atoms with Gasteiger partial charge in [0.15, 0.2) is 0 Å². The van der Waals surface area contributed by atoms with Gasteiger partial charge in [-0.25, -0.2) is 4.98 Å². The Morgan fingerprint density at radius 1 is 1.07 bits per heavy atom. The first-order valence-corrected chi connectivity index (χ1v) is 10.3. The van der Waals surface area contributed by atoms with Crippen LogP contribution in [0.4, 0.5) is 0 Å². The number of aromatic nitrogens is 2. The van der Waals surface area contributed by atoms with Crippen LogP contribution in [0.5, 0.6) is 0 Å². The van der Waals surface area contributed by atoms with Crippen LogP contribution in [0.1, 0.15) is 49.4 Å². The molecule has 1 unspecified atom stereocenters. The fourth-order valence-electron chi connectivity index (χ4n) is 4.44. The summed E-state index contributed by atoms with van der Waals surface area (Å²) in [5.41, 5.74) is 1.31. The van der Waals surface area contributed by atoms with Gasteiger partial charge in [-0.15, -0.1) is 0 Å². The Morgan fingerprint density at radius 2 is 1.89 bits per heavy atom. The fourth-order valence-corrected chi connectivity index (χ4v) is 4.44. The van der Waals surface area contributed by atoms with Crippen LogP contribution in [-0.4, -0.2) is 58.0 Å². The van der Waals surface area contributed by atoms with Crippen molar-refractivity contribution in [1.29, 1.82) is 0 Å². The lowest BCUT2D eigenvalue weighted by Gasteiger charge is -2.32. The number of carbonyl (C=O) groups is 1. The average Bonchev–Trinajstić information content (AvgIpc) is 3.39. The number of carbonyl (C=O) groups excluding carboxylic acids is 1. The molecule has 0 radical (unpaired) electrons. The molecule has 5 heteroatoms. The minimum atomic E-state index is 0.334. The van der Waals surface area contributed by atoms with Gasteiger partial charge in [-0.2, -0.15) is 0 Å². The standard InChI is InChI=1S/C22H30N4O/c27-21(25-13-4-5-14-25)10-15-24-12-6-9-20(18-24)22-23-11-16-26(22)17-19-7-2-1-3-8-19/h1-3,7-8,11,16,20H,4-6,9-10,12-15,17-18H2. The molecule has 1 aromatic carbocycles. The Morgan fingerprint density at radius 3 is 2.70 bits per heavy atom. The number of likely N-dealkylation sites (tertiary alicyclic amines) is 2. The highest BCUT2D eigenvalue weighted by molar-refractivity contribution is 5.76. The Hall–Kier alpha value is -2.14. The van der Waals surface area contributed by atoms with E-state index < -0.39 is 0 Å². The van der Waals surface area contributed by atoms with Gasteiger partial charge in [-0.05, 0) is 37.8 Å². The first-order chi connectivity index (χ1) is 13.3. The van der Waals surface area contributed by atoms with Gasteiger partial charge >= 0.3 is 0 Å². The molecular weight excluding hydrogens is 336 g/mol. The zero-order valence-corrected chi connectivity index (χ0v) is 16.1. The molecule has 1 atom stereocenters. The minimum absolute atomic E-state index is 0.334. The maximum Gasteiger partial charge on any atom is 0.223 e. The summed E-state index contributed by atoms with van der Waals surface area (Å²) in [5, 5.41) is 0. The highest BCUT2D eigenvalue weighted by Crippen LogP contribution is 2.26. The quantitative estimate of drug-likeness (QED) is 0.789. The highest BCUT2D eigenvalue weighted by Gasteiger charge is 2.26. The summed E-state index contributed by atoms with van der Waals surface area (Å²) >= 11 is 0. The van der Waals surface area contributed by atoms with E-state index in [-0.39, 0.29) is 0 Å². The smallest absolute Gasteiger partial charge is 0.223 e. The van der Waals surface area contributed by atoms with E-state index in [9.17, 15) is 4.79 Å². The van der Waals surface area contributed by atoms with Crippen molar-refractivity contribution in [1.82, 2.24) is 19.4 Å². The predicted octanol–water partition coefficient (Wildman–Crippen LogP) is 3.12. The zero-order chi connectivity index (χ0) is 18.5. The van der Waals surface area contributed by atoms with E-state index in [1.807, 2.05) is 11.1 Å². The molecule has 2 aliphatic heterocycles. The number of imidazole rings is 1. The van der Waals surface area contributed by atoms with E-state index in [0.29, 0.717) is 18.2 Å². The van der Waals surface area contributed by atoms with E-state index >= 15 is 0 Å². The van der Waals surface area contributed by atoms with Gasteiger partial charge in [0.05, 0.1) is 0 Å². The SMILES string of the molecule is O=C(CCN1CCCC(c2nccn2Cc2ccccc2)C1)N1CCCC1. The van der Waals surface area contributed by atoms with E-state index in [0.717, 1.165) is 39.3 Å². The molecule has 0 saturated carbocycles. The van der Waals surface area contributed by atoms with Gasteiger partial charge < -0.3 is 14.4 Å². The normalized spacial score (nSPS) is 20.9. The van der Waals surface area contributed by atoms with E-state index in [1.54, 1.807) is 0 Å². The summed E-state index contributed by atoms with van der Waals surface area (Å²) in [6, 6.07) is 10.6. The third-order valence-corrected chi connectivity index (χ3v) is 5.91. The van der Waals surface area contributed by atoms with E-state index in [1.165, 1.54) is 37.1 Å². The van der Waals surface area contributed by atoms with Crippen molar-refractivity contribution in [3.05, 3.63) is 54.1 Å². The number of benzene rings is 1. The summed E-state index contributed by atoms with van der Waals surface area (Å²) in [5.74, 6) is 1.98. The second-order valence-corrected chi connectivity index (χ2v) is 7.88. The van der Waals surface area contributed by atoms with Crippen LogP contribution in [-0.2, 0) is 11.3 Å². The van der Waals surface area contributed by atoms with Crippen LogP contribution in [0.3, 0.4) is 0 Å². The number of piperidine rings is 1. The summed E-state index contributed by atoms with van der Waals surface area (Å²) in [4.78, 5) is 21.5. The largest absolute Gasteiger partial charge is 0.343 e. The maximum absolute atomic E-state index is 12.3. The molecule has 0 spiro atoms. The summed E-state index contributed by atoms with van der Waals surface area (Å²) in [6.07, 6.45) is 9.38. The topological polar surface area (TPSA) is 41.4 Å². The van der Waals surface area contributed by atoms with Crippen LogP contribution >= 0.6 is 0 Å². The lowest BCUT2D eigenvalue weighted by molar-refractivity contribution is -0.130. The monoisotopic (exact) mass is 366 g/mol. The fraction of sp³-hybridized carbons (Fsp3) is 0.545. The summed E-state index contributed by atoms with van der Waals surface area (Å²) in [6.45, 7) is 5.78. The van der Waals surface area contributed by atoms with Crippen molar-refractivity contribution in [2.45, 2.75) is 44.6 Å². The molecular formula is C22H30N4O. The van der Waals surface area contributed by atoms with Crippen LogP contribution in [0, 0.1) is 0 Å². The molecule has 3 heterocycles. The molecule has 1 amide bonds. The predicted molar refractivity (Wildman–Crippen MR) is 107 cm³/mol. The first kappa shape index (κ1) is 18.2. The zero-order valence-electron chi connectivity index (χ0n) is 16.1. The third kappa shape index (κ3) is 4.59. The maximum atomic E-state index is 12.3. The molecule has 2 aromatic rings. The van der Waals surface area contributed by atoms with Crippen LogP contribution in [0.2, 0.25) is 0 Å². The van der Waals surface area contributed by atoms with Crippen molar-refractivity contribution in [2.24, 2.45) is 0 Å². The van der Waals surface area contributed by atoms with Gasteiger partial charge in [-0.3, -0.25) is 4.79 Å². The number of rotatable bonds is 6. The Bertz CT molecular complexity index is 736. The third-order valence-electron chi connectivity index (χ3n) is 5.91. The Labute approximate surface area is 162 Å². The molecule has 0 aliphatic carbocycles. The molecule has 2 fully saturated rings. The number of hydrogen-bond donors (Lipinski definition) is 0.